The van der Waals surface area contributed by atoms with Gasteiger partial charge in [-0.2, -0.15) is 0 Å². The lowest BCUT2D eigenvalue weighted by atomic mass is 10.1. The normalized spacial score (nSPS) is 11.6. The van der Waals surface area contributed by atoms with Gasteiger partial charge in [0.1, 0.15) is 5.82 Å². The number of likely N-dealkylation sites (N-methyl/N-ethyl adjacent to an activating group) is 1. The Balaban J connectivity index is 3.11. The van der Waals surface area contributed by atoms with E-state index in [2.05, 4.69) is 0 Å². The monoisotopic (exact) mass is 241 g/mol. The molecule has 0 amide bonds. The minimum atomic E-state index is -0.912. The molecule has 0 fully saturated rings. The summed E-state index contributed by atoms with van der Waals surface area (Å²) in [6, 6.07) is 4.62. The van der Waals surface area contributed by atoms with Gasteiger partial charge in [0.25, 0.3) is 0 Å². The topological polar surface area (TPSA) is 43.7 Å². The average Bonchev–Trinajstić information content (AvgIpc) is 2.24. The summed E-state index contributed by atoms with van der Waals surface area (Å²) >= 11 is 0. The lowest BCUT2D eigenvalue weighted by molar-refractivity contribution is 0.0873. The summed E-state index contributed by atoms with van der Waals surface area (Å²) in [6.45, 7) is 5.91. The highest BCUT2D eigenvalue weighted by Crippen LogP contribution is 2.25. The van der Waals surface area contributed by atoms with Gasteiger partial charge in [0.15, 0.2) is 0 Å². The van der Waals surface area contributed by atoms with E-state index < -0.39 is 5.60 Å². The molecule has 0 saturated heterocycles. The summed E-state index contributed by atoms with van der Waals surface area (Å²) < 4.78 is 13.8. The Morgan fingerprint density at radius 2 is 2.00 bits per heavy atom. The van der Waals surface area contributed by atoms with Crippen LogP contribution in [0.15, 0.2) is 18.2 Å². The van der Waals surface area contributed by atoms with Crippen molar-refractivity contribution in [3.8, 4) is 0 Å². The van der Waals surface area contributed by atoms with Crippen LogP contribution in [0, 0.1) is 5.82 Å². The highest BCUT2D eigenvalue weighted by atomic mass is 19.1. The standard InChI is InChI=1S/C13H20FNO2/c1-4-15(9-13(2,3)17)12-10(8-16)6-5-7-11(12)14/h5-7,16-17H,4,8-9H2,1-3H3. The molecule has 0 saturated carbocycles. The van der Waals surface area contributed by atoms with Crippen molar-refractivity contribution in [2.24, 2.45) is 0 Å². The lowest BCUT2D eigenvalue weighted by Gasteiger charge is -2.31. The number of aliphatic hydroxyl groups excluding tert-OH is 1. The van der Waals surface area contributed by atoms with Crippen LogP contribution in [0.3, 0.4) is 0 Å². The summed E-state index contributed by atoms with van der Waals surface area (Å²) in [5.74, 6) is -0.373. The van der Waals surface area contributed by atoms with Crippen molar-refractivity contribution < 1.29 is 14.6 Å². The minimum absolute atomic E-state index is 0.213. The fourth-order valence-corrected chi connectivity index (χ4v) is 1.86. The van der Waals surface area contributed by atoms with Gasteiger partial charge in [-0.3, -0.25) is 0 Å². The number of para-hydroxylation sites is 1. The van der Waals surface area contributed by atoms with Gasteiger partial charge in [-0.05, 0) is 26.8 Å². The van der Waals surface area contributed by atoms with Crippen molar-refractivity contribution in [1.82, 2.24) is 0 Å². The maximum Gasteiger partial charge on any atom is 0.146 e. The van der Waals surface area contributed by atoms with Crippen LogP contribution in [-0.4, -0.2) is 28.9 Å². The van der Waals surface area contributed by atoms with Crippen molar-refractivity contribution in [3.63, 3.8) is 0 Å². The van der Waals surface area contributed by atoms with E-state index in [1.54, 1.807) is 30.9 Å². The predicted molar refractivity (Wildman–Crippen MR) is 66.5 cm³/mol. The molecule has 96 valence electrons. The molecule has 0 heterocycles. The maximum absolute atomic E-state index is 13.8. The zero-order chi connectivity index (χ0) is 13.1. The smallest absolute Gasteiger partial charge is 0.146 e. The van der Waals surface area contributed by atoms with E-state index in [4.69, 9.17) is 0 Å². The maximum atomic E-state index is 13.8. The molecule has 0 aliphatic heterocycles. The molecule has 0 spiro atoms. The third-order valence-electron chi connectivity index (χ3n) is 2.52. The van der Waals surface area contributed by atoms with Crippen LogP contribution >= 0.6 is 0 Å². The molecule has 0 aromatic heterocycles. The number of rotatable bonds is 5. The summed E-state index contributed by atoms with van der Waals surface area (Å²) in [7, 11) is 0. The van der Waals surface area contributed by atoms with Crippen molar-refractivity contribution in [2.45, 2.75) is 33.0 Å². The van der Waals surface area contributed by atoms with Gasteiger partial charge in [-0.25, -0.2) is 4.39 Å². The zero-order valence-corrected chi connectivity index (χ0v) is 10.6. The molecule has 0 atom stereocenters. The molecule has 0 aliphatic rings. The first kappa shape index (κ1) is 13.9. The largest absolute Gasteiger partial charge is 0.392 e. The Morgan fingerprint density at radius 3 is 2.47 bits per heavy atom. The molecule has 1 aromatic carbocycles. The van der Waals surface area contributed by atoms with Gasteiger partial charge in [-0.15, -0.1) is 0 Å². The molecule has 1 rings (SSSR count). The van der Waals surface area contributed by atoms with Crippen LogP contribution < -0.4 is 4.90 Å². The van der Waals surface area contributed by atoms with Gasteiger partial charge in [0.05, 0.1) is 17.9 Å². The summed E-state index contributed by atoms with van der Waals surface area (Å²) in [5, 5.41) is 19.0. The first-order chi connectivity index (χ1) is 7.89. The Labute approximate surface area is 101 Å². The van der Waals surface area contributed by atoms with Crippen molar-refractivity contribution in [1.29, 1.82) is 0 Å². The van der Waals surface area contributed by atoms with E-state index in [9.17, 15) is 14.6 Å². The molecule has 0 radical (unpaired) electrons. The molecule has 1 aromatic rings. The van der Waals surface area contributed by atoms with Gasteiger partial charge >= 0.3 is 0 Å². The van der Waals surface area contributed by atoms with Crippen LogP contribution in [0.5, 0.6) is 0 Å². The van der Waals surface area contributed by atoms with Crippen molar-refractivity contribution in [2.75, 3.05) is 18.0 Å². The van der Waals surface area contributed by atoms with Crippen molar-refractivity contribution in [3.05, 3.63) is 29.6 Å². The summed E-state index contributed by atoms with van der Waals surface area (Å²) in [6.07, 6.45) is 0. The number of nitrogens with zero attached hydrogens (tertiary/aromatic N) is 1. The highest BCUT2D eigenvalue weighted by molar-refractivity contribution is 5.54. The van der Waals surface area contributed by atoms with E-state index >= 15 is 0 Å². The second-order valence-corrected chi connectivity index (χ2v) is 4.73. The minimum Gasteiger partial charge on any atom is -0.392 e. The highest BCUT2D eigenvalue weighted by Gasteiger charge is 2.21. The predicted octanol–water partition coefficient (Wildman–Crippen LogP) is 1.92. The van der Waals surface area contributed by atoms with Crippen LogP contribution in [0.1, 0.15) is 26.3 Å². The van der Waals surface area contributed by atoms with Gasteiger partial charge in [-0.1, -0.05) is 12.1 Å². The molecule has 4 heteroatoms. The first-order valence-corrected chi connectivity index (χ1v) is 5.74. The average molecular weight is 241 g/mol. The van der Waals surface area contributed by atoms with E-state index in [-0.39, 0.29) is 12.4 Å². The molecule has 0 aliphatic carbocycles. The molecule has 2 N–H and O–H groups in total. The number of aliphatic hydroxyl groups is 2. The van der Waals surface area contributed by atoms with E-state index in [1.807, 2.05) is 6.92 Å². The SMILES string of the molecule is CCN(CC(C)(C)O)c1c(F)cccc1CO. The van der Waals surface area contributed by atoms with Gasteiger partial charge < -0.3 is 15.1 Å². The molecule has 17 heavy (non-hydrogen) atoms. The van der Waals surface area contributed by atoms with Crippen LogP contribution in [0.2, 0.25) is 0 Å². The van der Waals surface area contributed by atoms with E-state index in [0.29, 0.717) is 24.3 Å². The van der Waals surface area contributed by atoms with Gasteiger partial charge in [0.2, 0.25) is 0 Å². The Kier molecular flexibility index (Phi) is 4.48. The fraction of sp³-hybridized carbons (Fsp3) is 0.538. The zero-order valence-electron chi connectivity index (χ0n) is 10.6. The third-order valence-corrected chi connectivity index (χ3v) is 2.52. The van der Waals surface area contributed by atoms with E-state index in [1.165, 1.54) is 6.07 Å². The molecular formula is C13H20FNO2. The molecular weight excluding hydrogens is 221 g/mol. The Morgan fingerprint density at radius 1 is 1.35 bits per heavy atom. The number of hydrogen-bond donors (Lipinski definition) is 2. The second kappa shape index (κ2) is 5.47. The number of halogens is 1. The van der Waals surface area contributed by atoms with Crippen LogP contribution in [-0.2, 0) is 6.61 Å². The van der Waals surface area contributed by atoms with Gasteiger partial charge in [0, 0.05) is 18.7 Å². The lowest BCUT2D eigenvalue weighted by Crippen LogP contribution is -2.39. The van der Waals surface area contributed by atoms with Crippen molar-refractivity contribution >= 4 is 5.69 Å². The Hall–Kier alpha value is -1.13. The molecule has 0 unspecified atom stereocenters. The second-order valence-electron chi connectivity index (χ2n) is 4.73. The molecule has 3 nitrogen and oxygen atoms in total. The third kappa shape index (κ3) is 3.68. The van der Waals surface area contributed by atoms with E-state index in [0.717, 1.165) is 0 Å². The number of benzene rings is 1. The first-order valence-electron chi connectivity index (χ1n) is 5.74. The summed E-state index contributed by atoms with van der Waals surface area (Å²) in [5.41, 5.74) is 0.00102. The number of hydrogen-bond acceptors (Lipinski definition) is 3. The quantitative estimate of drug-likeness (QED) is 0.827. The van der Waals surface area contributed by atoms with Crippen LogP contribution in [0.4, 0.5) is 10.1 Å². The number of anilines is 1. The summed E-state index contributed by atoms with van der Waals surface area (Å²) in [4.78, 5) is 1.74. The molecule has 0 bridgehead atoms. The Bertz CT molecular complexity index is 374. The van der Waals surface area contributed by atoms with Crippen LogP contribution in [0.25, 0.3) is 0 Å². The fourth-order valence-electron chi connectivity index (χ4n) is 1.86.